The van der Waals surface area contributed by atoms with E-state index in [4.69, 9.17) is 28.0 Å². The fourth-order valence-corrected chi connectivity index (χ4v) is 6.14. The molecule has 13 nitrogen and oxygen atoms in total. The quantitative estimate of drug-likeness (QED) is 0.193. The van der Waals surface area contributed by atoms with Crippen molar-refractivity contribution in [1.82, 2.24) is 14.6 Å². The van der Waals surface area contributed by atoms with E-state index in [2.05, 4.69) is 10.1 Å². The van der Waals surface area contributed by atoms with Gasteiger partial charge < -0.3 is 23.5 Å². The van der Waals surface area contributed by atoms with Gasteiger partial charge in [0, 0.05) is 12.3 Å². The van der Waals surface area contributed by atoms with Crippen LogP contribution in [-0.2, 0) is 34.7 Å². The maximum atomic E-state index is 16.6. The summed E-state index contributed by atoms with van der Waals surface area (Å²) in [6.07, 6.45) is -3.48. The predicted molar refractivity (Wildman–Crippen MR) is 161 cm³/mol. The first kappa shape index (κ1) is 34.1. The Kier molecular flexibility index (Phi) is 11.0. The van der Waals surface area contributed by atoms with Crippen LogP contribution in [0.4, 0.5) is 4.39 Å². The van der Waals surface area contributed by atoms with Crippen molar-refractivity contribution in [2.45, 2.75) is 70.6 Å². The zero-order valence-electron chi connectivity index (χ0n) is 25.5. The van der Waals surface area contributed by atoms with Gasteiger partial charge in [0.15, 0.2) is 11.9 Å². The summed E-state index contributed by atoms with van der Waals surface area (Å²) < 4.78 is 65.4. The highest BCUT2D eigenvalue weighted by atomic mass is 31.2. The van der Waals surface area contributed by atoms with Gasteiger partial charge in [0.25, 0.3) is 5.56 Å². The number of carbonyl (C=O) groups excluding carboxylic acids is 1. The third-order valence-electron chi connectivity index (χ3n) is 6.81. The van der Waals surface area contributed by atoms with Crippen molar-refractivity contribution in [2.24, 2.45) is 0 Å². The van der Waals surface area contributed by atoms with Gasteiger partial charge >= 0.3 is 19.4 Å². The molecule has 0 saturated carbocycles. The molecule has 1 fully saturated rings. The number of halogens is 1. The number of rotatable bonds is 14. The van der Waals surface area contributed by atoms with Crippen LogP contribution in [0, 0.1) is 0 Å². The Bertz CT molecular complexity index is 1600. The minimum atomic E-state index is -4.35. The average molecular weight is 650 g/mol. The molecule has 2 N–H and O–H groups in total. The van der Waals surface area contributed by atoms with Crippen LogP contribution in [-0.4, -0.2) is 59.3 Å². The average Bonchev–Trinajstić information content (AvgIpc) is 3.24. The number of esters is 1. The van der Waals surface area contributed by atoms with Crippen LogP contribution in [0.2, 0.25) is 0 Å². The normalized spacial score (nSPS) is 23.3. The topological polar surface area (TPSA) is 156 Å². The summed E-state index contributed by atoms with van der Waals surface area (Å²) in [5.41, 5.74) is -3.23. The molecule has 1 aromatic heterocycles. The van der Waals surface area contributed by atoms with Gasteiger partial charge in [-0.15, -0.1) is 0 Å². The number of para-hydroxylation sites is 1. The lowest BCUT2D eigenvalue weighted by Gasteiger charge is -2.28. The highest BCUT2D eigenvalue weighted by Crippen LogP contribution is 2.48. The summed E-state index contributed by atoms with van der Waals surface area (Å²) in [5.74, 6) is 0.0952. The number of H-pyrrole nitrogens is 1. The highest BCUT2D eigenvalue weighted by Gasteiger charge is 2.57. The molecule has 1 aliphatic heterocycles. The number of nitrogens with one attached hydrogen (secondary N) is 2. The summed E-state index contributed by atoms with van der Waals surface area (Å²) in [6, 6.07) is 15.0. The molecule has 4 rings (SSSR count). The summed E-state index contributed by atoms with van der Waals surface area (Å²) in [7, 11) is -2.82. The van der Waals surface area contributed by atoms with Gasteiger partial charge in [0.2, 0.25) is 0 Å². The number of ether oxygens (including phenoxy) is 4. The number of aromatic nitrogens is 2. The highest BCUT2D eigenvalue weighted by molar-refractivity contribution is 7.52. The van der Waals surface area contributed by atoms with Crippen molar-refractivity contribution in [3.8, 4) is 11.5 Å². The summed E-state index contributed by atoms with van der Waals surface area (Å²) in [4.78, 5) is 38.9. The first-order valence-electron chi connectivity index (χ1n) is 14.2. The minimum Gasteiger partial charge on any atom is -0.497 e. The van der Waals surface area contributed by atoms with Crippen LogP contribution in [0.3, 0.4) is 0 Å². The van der Waals surface area contributed by atoms with Gasteiger partial charge in [0.05, 0.1) is 26.4 Å². The molecule has 45 heavy (non-hydrogen) atoms. The van der Waals surface area contributed by atoms with Crippen LogP contribution >= 0.6 is 7.75 Å². The second-order valence-electron chi connectivity index (χ2n) is 10.8. The van der Waals surface area contributed by atoms with Gasteiger partial charge in [-0.05, 0) is 57.5 Å². The van der Waals surface area contributed by atoms with E-state index in [1.807, 2.05) is 0 Å². The first-order valence-corrected chi connectivity index (χ1v) is 15.7. The second kappa shape index (κ2) is 14.5. The molecule has 1 aliphatic rings. The molecule has 1 unspecified atom stereocenters. The molecular formula is C30H37FN3O10P. The molecule has 0 radical (unpaired) electrons. The molecule has 2 aromatic carbocycles. The van der Waals surface area contributed by atoms with Gasteiger partial charge in [-0.1, -0.05) is 30.3 Å². The number of alkyl halides is 1. The maximum absolute atomic E-state index is 16.6. The van der Waals surface area contributed by atoms with E-state index in [1.54, 1.807) is 68.4 Å². The van der Waals surface area contributed by atoms with Gasteiger partial charge in [-0.3, -0.25) is 23.7 Å². The summed E-state index contributed by atoms with van der Waals surface area (Å²) in [5, 5.41) is 2.57. The van der Waals surface area contributed by atoms with Crippen molar-refractivity contribution < 1.29 is 41.7 Å². The molecule has 0 bridgehead atoms. The van der Waals surface area contributed by atoms with E-state index < -0.39 is 67.8 Å². The third kappa shape index (κ3) is 8.68. The molecular weight excluding hydrogens is 612 g/mol. The zero-order chi connectivity index (χ0) is 32.8. The lowest BCUT2D eigenvalue weighted by Crippen LogP contribution is -2.45. The minimum absolute atomic E-state index is 0.0597. The van der Waals surface area contributed by atoms with E-state index in [-0.39, 0.29) is 12.4 Å². The number of nitrogens with zero attached hydrogens (tertiary/aromatic N) is 1. The van der Waals surface area contributed by atoms with E-state index in [9.17, 15) is 18.9 Å². The molecule has 1 saturated heterocycles. The summed E-state index contributed by atoms with van der Waals surface area (Å²) in [6.45, 7) is 5.35. The van der Waals surface area contributed by atoms with Crippen molar-refractivity contribution in [1.29, 1.82) is 0 Å². The molecule has 2 heterocycles. The first-order chi connectivity index (χ1) is 21.3. The Morgan fingerprint density at radius 3 is 2.40 bits per heavy atom. The Morgan fingerprint density at radius 1 is 1.09 bits per heavy atom. The number of benzene rings is 2. The lowest BCUT2D eigenvalue weighted by molar-refractivity contribution is -0.149. The Labute approximate surface area is 259 Å². The number of hydrogen-bond donors (Lipinski definition) is 2. The Hall–Kier alpha value is -3.81. The van der Waals surface area contributed by atoms with Crippen LogP contribution in [0.1, 0.15) is 39.5 Å². The standard InChI is InChI=1S/C30H37FN3O10P/c1-19(2)42-27(36)20(3)33-45(38,44-23-9-7-6-8-10-23)41-18-24-26(40-17-21-11-13-22(39-5)14-12-21)30(4,31)28(43-24)34-16-15-25(35)32-29(34)37/h6-16,19-20,24,26,28H,17-18H2,1-5H3,(H,33,38)(H,32,35,37)/t20-,24+,26+,28+,30+,45?/m0/s1. The molecule has 0 spiro atoms. The van der Waals surface area contributed by atoms with Crippen LogP contribution in [0.5, 0.6) is 11.5 Å². The maximum Gasteiger partial charge on any atom is 0.459 e. The van der Waals surface area contributed by atoms with Crippen LogP contribution < -0.4 is 25.6 Å². The number of hydrogen-bond acceptors (Lipinski definition) is 10. The van der Waals surface area contributed by atoms with Crippen molar-refractivity contribution >= 4 is 13.7 Å². The number of aromatic amines is 1. The Morgan fingerprint density at radius 2 is 1.78 bits per heavy atom. The van der Waals surface area contributed by atoms with E-state index in [1.165, 1.54) is 21.0 Å². The molecule has 15 heteroatoms. The second-order valence-corrected chi connectivity index (χ2v) is 12.5. The van der Waals surface area contributed by atoms with Crippen molar-refractivity contribution in [3.05, 3.63) is 93.3 Å². The molecule has 0 aliphatic carbocycles. The van der Waals surface area contributed by atoms with Crippen LogP contribution in [0.15, 0.2) is 76.4 Å². The molecule has 6 atom stereocenters. The van der Waals surface area contributed by atoms with Crippen molar-refractivity contribution in [3.63, 3.8) is 0 Å². The Balaban J connectivity index is 1.61. The molecule has 244 valence electrons. The largest absolute Gasteiger partial charge is 0.497 e. The monoisotopic (exact) mass is 649 g/mol. The predicted octanol–water partition coefficient (Wildman–Crippen LogP) is 3.89. The van der Waals surface area contributed by atoms with Crippen molar-refractivity contribution in [2.75, 3.05) is 13.7 Å². The molecule has 0 amide bonds. The lowest BCUT2D eigenvalue weighted by atomic mass is 9.98. The van der Waals surface area contributed by atoms with Gasteiger partial charge in [-0.25, -0.2) is 13.8 Å². The SMILES string of the molecule is COc1ccc(CO[C@@H]2[C@@H](COP(=O)(N[C@@H](C)C(=O)OC(C)C)Oc3ccccc3)O[C@@H](n3ccc(=O)[nH]c3=O)[C@]2(C)F)cc1. The van der Waals surface area contributed by atoms with E-state index in [0.29, 0.717) is 11.3 Å². The molecule has 3 aromatic rings. The summed E-state index contributed by atoms with van der Waals surface area (Å²) >= 11 is 0. The zero-order valence-corrected chi connectivity index (χ0v) is 26.4. The number of carbonyl (C=O) groups is 1. The number of methoxy groups -OCH3 is 1. The third-order valence-corrected chi connectivity index (χ3v) is 8.45. The fraction of sp³-hybridized carbons (Fsp3) is 0.433. The van der Waals surface area contributed by atoms with E-state index in [0.717, 1.165) is 16.8 Å². The smallest absolute Gasteiger partial charge is 0.459 e. The van der Waals surface area contributed by atoms with Gasteiger partial charge in [0.1, 0.15) is 29.7 Å². The van der Waals surface area contributed by atoms with Gasteiger partial charge in [-0.2, -0.15) is 5.09 Å². The fourth-order valence-electron chi connectivity index (χ4n) is 4.63. The van der Waals surface area contributed by atoms with E-state index >= 15 is 4.39 Å². The van der Waals surface area contributed by atoms with Crippen LogP contribution in [0.25, 0.3) is 0 Å².